The summed E-state index contributed by atoms with van der Waals surface area (Å²) in [6, 6.07) is 9.01. The molecule has 1 aliphatic heterocycles. The molecule has 0 radical (unpaired) electrons. The van der Waals surface area contributed by atoms with E-state index in [1.54, 1.807) is 17.8 Å². The van der Waals surface area contributed by atoms with E-state index in [0.717, 1.165) is 36.7 Å². The molecule has 1 saturated heterocycles. The minimum atomic E-state index is -4.02. The van der Waals surface area contributed by atoms with Crippen molar-refractivity contribution in [3.8, 4) is 0 Å². The number of sulfonamides is 1. The maximum Gasteiger partial charge on any atom is 0.337 e. The molecule has 1 fully saturated rings. The largest absolute Gasteiger partial charge is 0.478 e. The van der Waals surface area contributed by atoms with E-state index in [4.69, 9.17) is 0 Å². The van der Waals surface area contributed by atoms with Gasteiger partial charge >= 0.3 is 5.97 Å². The second kappa shape index (κ2) is 7.55. The molecule has 0 atom stereocenters. The van der Waals surface area contributed by atoms with Crippen LogP contribution in [0, 0.1) is 5.82 Å². The van der Waals surface area contributed by atoms with Crippen LogP contribution < -0.4 is 9.62 Å². The number of nitrogens with zero attached hydrogens (tertiary/aromatic N) is 1. The predicted octanol–water partition coefficient (Wildman–Crippen LogP) is 2.88. The van der Waals surface area contributed by atoms with Crippen LogP contribution in [0.3, 0.4) is 0 Å². The topological polar surface area (TPSA) is 86.7 Å². The number of thioether (sulfide) groups is 1. The Bertz CT molecular complexity index is 928. The van der Waals surface area contributed by atoms with Gasteiger partial charge in [-0.1, -0.05) is 6.07 Å². The van der Waals surface area contributed by atoms with Gasteiger partial charge in [0.2, 0.25) is 0 Å². The molecule has 2 N–H and O–H groups in total. The standard InChI is InChI=1S/C17H17FN2O4S2/c18-12-2-1-3-14(10-12)26(23,24)19-13-4-5-16(15(11-13)17(21)22)20-6-8-25-9-7-20/h1-5,10-11,19H,6-9H2,(H,21,22). The lowest BCUT2D eigenvalue weighted by Crippen LogP contribution is -2.33. The molecule has 0 amide bonds. The van der Waals surface area contributed by atoms with Crippen molar-refractivity contribution in [1.82, 2.24) is 0 Å². The van der Waals surface area contributed by atoms with E-state index in [9.17, 15) is 22.7 Å². The van der Waals surface area contributed by atoms with E-state index in [-0.39, 0.29) is 16.1 Å². The van der Waals surface area contributed by atoms with E-state index < -0.39 is 21.8 Å². The highest BCUT2D eigenvalue weighted by Gasteiger charge is 2.21. The number of anilines is 2. The second-order valence-electron chi connectivity index (χ2n) is 5.70. The first kappa shape index (κ1) is 18.5. The Morgan fingerprint density at radius 2 is 1.88 bits per heavy atom. The number of benzene rings is 2. The summed E-state index contributed by atoms with van der Waals surface area (Å²) in [6.45, 7) is 1.47. The first-order valence-electron chi connectivity index (χ1n) is 7.85. The molecular formula is C17H17FN2O4S2. The molecule has 2 aromatic rings. The van der Waals surface area contributed by atoms with Crippen LogP contribution in [0.25, 0.3) is 0 Å². The molecule has 0 unspecified atom stereocenters. The zero-order valence-electron chi connectivity index (χ0n) is 13.7. The van der Waals surface area contributed by atoms with Crippen molar-refractivity contribution >= 4 is 39.1 Å². The number of hydrogen-bond acceptors (Lipinski definition) is 5. The highest BCUT2D eigenvalue weighted by Crippen LogP contribution is 2.28. The fraction of sp³-hybridized carbons (Fsp3) is 0.235. The first-order valence-corrected chi connectivity index (χ1v) is 10.5. The molecule has 0 aliphatic carbocycles. The summed E-state index contributed by atoms with van der Waals surface area (Å²) < 4.78 is 40.4. The van der Waals surface area contributed by atoms with Crippen molar-refractivity contribution in [1.29, 1.82) is 0 Å². The molecule has 9 heteroatoms. The normalized spacial score (nSPS) is 14.9. The smallest absolute Gasteiger partial charge is 0.337 e. The summed E-state index contributed by atoms with van der Waals surface area (Å²) in [5, 5.41) is 9.51. The fourth-order valence-corrected chi connectivity index (χ4v) is 4.68. The molecule has 1 heterocycles. The van der Waals surface area contributed by atoms with Gasteiger partial charge in [0.05, 0.1) is 16.1 Å². The molecule has 3 rings (SSSR count). The number of nitrogens with one attached hydrogen (secondary N) is 1. The fourth-order valence-electron chi connectivity index (χ4n) is 2.70. The van der Waals surface area contributed by atoms with Crippen LogP contribution in [0.4, 0.5) is 15.8 Å². The Kier molecular flexibility index (Phi) is 5.38. The Balaban J connectivity index is 1.91. The van der Waals surface area contributed by atoms with Crippen molar-refractivity contribution in [2.24, 2.45) is 0 Å². The summed E-state index contributed by atoms with van der Waals surface area (Å²) in [7, 11) is -4.02. The number of rotatable bonds is 5. The number of carboxylic acids is 1. The van der Waals surface area contributed by atoms with Gasteiger partial charge in [0.15, 0.2) is 0 Å². The van der Waals surface area contributed by atoms with Gasteiger partial charge in [0.25, 0.3) is 10.0 Å². The molecule has 0 aromatic heterocycles. The third-order valence-electron chi connectivity index (χ3n) is 3.94. The molecule has 0 saturated carbocycles. The number of aromatic carboxylic acids is 1. The van der Waals surface area contributed by atoms with Crippen molar-refractivity contribution in [3.63, 3.8) is 0 Å². The predicted molar refractivity (Wildman–Crippen MR) is 100 cm³/mol. The quantitative estimate of drug-likeness (QED) is 0.808. The van der Waals surface area contributed by atoms with Crippen LogP contribution in [0.2, 0.25) is 0 Å². The van der Waals surface area contributed by atoms with E-state index in [1.807, 2.05) is 4.90 Å². The summed E-state index contributed by atoms with van der Waals surface area (Å²) in [4.78, 5) is 13.4. The molecule has 0 bridgehead atoms. The van der Waals surface area contributed by atoms with Gasteiger partial charge in [-0.3, -0.25) is 4.72 Å². The van der Waals surface area contributed by atoms with Crippen molar-refractivity contribution in [2.45, 2.75) is 4.90 Å². The monoisotopic (exact) mass is 396 g/mol. The van der Waals surface area contributed by atoms with E-state index in [1.165, 1.54) is 24.3 Å². The molecule has 2 aromatic carbocycles. The molecule has 26 heavy (non-hydrogen) atoms. The van der Waals surface area contributed by atoms with E-state index in [0.29, 0.717) is 5.69 Å². The summed E-state index contributed by atoms with van der Waals surface area (Å²) in [5.74, 6) is 0.0162. The minimum absolute atomic E-state index is 0.0244. The molecule has 6 nitrogen and oxygen atoms in total. The number of carbonyl (C=O) groups is 1. The average Bonchev–Trinajstić information content (AvgIpc) is 2.62. The zero-order valence-corrected chi connectivity index (χ0v) is 15.3. The van der Waals surface area contributed by atoms with Gasteiger partial charge in [-0.2, -0.15) is 11.8 Å². The lowest BCUT2D eigenvalue weighted by Gasteiger charge is -2.29. The van der Waals surface area contributed by atoms with Crippen molar-refractivity contribution in [3.05, 3.63) is 53.8 Å². The van der Waals surface area contributed by atoms with Crippen molar-refractivity contribution in [2.75, 3.05) is 34.2 Å². The maximum atomic E-state index is 13.3. The number of halogens is 1. The highest BCUT2D eigenvalue weighted by atomic mass is 32.2. The average molecular weight is 396 g/mol. The Morgan fingerprint density at radius 1 is 1.15 bits per heavy atom. The third-order valence-corrected chi connectivity index (χ3v) is 6.26. The van der Waals surface area contributed by atoms with Crippen LogP contribution in [-0.4, -0.2) is 44.1 Å². The second-order valence-corrected chi connectivity index (χ2v) is 8.61. The molecule has 0 spiro atoms. The highest BCUT2D eigenvalue weighted by molar-refractivity contribution is 7.99. The van der Waals surface area contributed by atoms with E-state index >= 15 is 0 Å². The van der Waals surface area contributed by atoms with Gasteiger partial charge in [-0.25, -0.2) is 17.6 Å². The maximum absolute atomic E-state index is 13.3. The summed E-state index contributed by atoms with van der Waals surface area (Å²) in [6.07, 6.45) is 0. The van der Waals surface area contributed by atoms with Crippen LogP contribution in [-0.2, 0) is 10.0 Å². The van der Waals surface area contributed by atoms with Crippen LogP contribution in [0.1, 0.15) is 10.4 Å². The summed E-state index contributed by atoms with van der Waals surface area (Å²) >= 11 is 1.81. The Hall–Kier alpha value is -2.26. The Labute approximate surface area is 155 Å². The van der Waals surface area contributed by atoms with Crippen LogP contribution >= 0.6 is 11.8 Å². The Morgan fingerprint density at radius 3 is 2.54 bits per heavy atom. The zero-order chi connectivity index (χ0) is 18.7. The SMILES string of the molecule is O=C(O)c1cc(NS(=O)(=O)c2cccc(F)c2)ccc1N1CCSCC1. The summed E-state index contributed by atoms with van der Waals surface area (Å²) in [5.41, 5.74) is 0.699. The third kappa shape index (κ3) is 4.10. The lowest BCUT2D eigenvalue weighted by atomic mass is 10.1. The molecular weight excluding hydrogens is 379 g/mol. The van der Waals surface area contributed by atoms with Gasteiger partial charge in [-0.05, 0) is 36.4 Å². The van der Waals surface area contributed by atoms with Crippen LogP contribution in [0.5, 0.6) is 0 Å². The van der Waals surface area contributed by atoms with Gasteiger partial charge in [0, 0.05) is 30.3 Å². The first-order chi connectivity index (χ1) is 12.4. The lowest BCUT2D eigenvalue weighted by molar-refractivity contribution is 0.0697. The van der Waals surface area contributed by atoms with Crippen molar-refractivity contribution < 1.29 is 22.7 Å². The molecule has 1 aliphatic rings. The van der Waals surface area contributed by atoms with Crippen LogP contribution in [0.15, 0.2) is 47.4 Å². The van der Waals surface area contributed by atoms with Gasteiger partial charge < -0.3 is 10.0 Å². The van der Waals surface area contributed by atoms with E-state index in [2.05, 4.69) is 4.72 Å². The minimum Gasteiger partial charge on any atom is -0.478 e. The number of carboxylic acid groups (broad SMARTS) is 1. The number of hydrogen-bond donors (Lipinski definition) is 2. The van der Waals surface area contributed by atoms with Gasteiger partial charge in [-0.15, -0.1) is 0 Å². The molecule has 138 valence electrons. The van der Waals surface area contributed by atoms with Gasteiger partial charge in [0.1, 0.15) is 5.82 Å².